The van der Waals surface area contributed by atoms with Crippen LogP contribution in [0.4, 0.5) is 4.79 Å². The van der Waals surface area contributed by atoms with Crippen LogP contribution in [0.2, 0.25) is 0 Å². The molecule has 0 aromatic heterocycles. The first-order valence-electron chi connectivity index (χ1n) is 6.54. The van der Waals surface area contributed by atoms with Crippen LogP contribution < -0.4 is 10.6 Å². The lowest BCUT2D eigenvalue weighted by Crippen LogP contribution is -2.50. The molecule has 0 bridgehead atoms. The summed E-state index contributed by atoms with van der Waals surface area (Å²) in [5.74, 6) is -1.56. The number of hydrogen-bond acceptors (Lipinski definition) is 3. The van der Waals surface area contributed by atoms with E-state index in [4.69, 9.17) is 9.84 Å². The van der Waals surface area contributed by atoms with E-state index < -0.39 is 17.9 Å². The van der Waals surface area contributed by atoms with Crippen molar-refractivity contribution in [2.75, 3.05) is 13.2 Å². The molecule has 0 spiro atoms. The number of amides is 2. The first-order chi connectivity index (χ1) is 8.66. The highest BCUT2D eigenvalue weighted by atomic mass is 16.5. The highest BCUT2D eigenvalue weighted by Crippen LogP contribution is 2.18. The number of aliphatic carboxylic acids is 1. The molecule has 6 nitrogen and oxygen atoms in total. The summed E-state index contributed by atoms with van der Waals surface area (Å²) in [7, 11) is 0. The van der Waals surface area contributed by atoms with Crippen LogP contribution >= 0.6 is 0 Å². The van der Waals surface area contributed by atoms with E-state index in [0.717, 1.165) is 25.7 Å². The highest BCUT2D eigenvalue weighted by molar-refractivity contribution is 5.77. The second-order valence-electron chi connectivity index (χ2n) is 5.04. The van der Waals surface area contributed by atoms with E-state index in [0.29, 0.717) is 0 Å². The minimum absolute atomic E-state index is 0.170. The molecule has 18 heavy (non-hydrogen) atoms. The summed E-state index contributed by atoms with van der Waals surface area (Å²) < 4.78 is 5.10. The van der Waals surface area contributed by atoms with Crippen molar-refractivity contribution in [1.29, 1.82) is 0 Å². The maximum absolute atomic E-state index is 11.8. The van der Waals surface area contributed by atoms with Gasteiger partial charge in [-0.1, -0.05) is 19.3 Å². The molecule has 2 unspecified atom stereocenters. The van der Waals surface area contributed by atoms with E-state index >= 15 is 0 Å². The molecule has 1 aliphatic carbocycles. The molecule has 1 heterocycles. The molecule has 102 valence electrons. The Bertz CT molecular complexity index is 315. The molecule has 1 saturated carbocycles. The first kappa shape index (κ1) is 13.1. The van der Waals surface area contributed by atoms with Crippen molar-refractivity contribution in [2.45, 2.75) is 44.2 Å². The lowest BCUT2D eigenvalue weighted by Gasteiger charge is -2.24. The van der Waals surface area contributed by atoms with Gasteiger partial charge < -0.3 is 20.5 Å². The predicted octanol–water partition coefficient (Wildman–Crippen LogP) is 0.718. The lowest BCUT2D eigenvalue weighted by molar-refractivity contribution is -0.142. The van der Waals surface area contributed by atoms with Crippen molar-refractivity contribution in [3.63, 3.8) is 0 Å². The standard InChI is InChI=1S/C12H20N2O4/c15-11(16)9-6-18-7-10(9)14-12(17)13-8-4-2-1-3-5-8/h8-10H,1-7H2,(H,15,16)(H2,13,14,17). The fraction of sp³-hybridized carbons (Fsp3) is 0.833. The number of urea groups is 1. The Hall–Kier alpha value is -1.30. The van der Waals surface area contributed by atoms with Crippen LogP contribution in [0.1, 0.15) is 32.1 Å². The molecule has 2 rings (SSSR count). The van der Waals surface area contributed by atoms with Gasteiger partial charge in [-0.05, 0) is 12.8 Å². The summed E-state index contributed by atoms with van der Waals surface area (Å²) in [6, 6.07) is -0.473. The summed E-state index contributed by atoms with van der Waals surface area (Å²) in [6.45, 7) is 0.443. The van der Waals surface area contributed by atoms with Gasteiger partial charge in [0.2, 0.25) is 0 Å². The van der Waals surface area contributed by atoms with Crippen molar-refractivity contribution >= 4 is 12.0 Å². The highest BCUT2D eigenvalue weighted by Gasteiger charge is 2.35. The maximum Gasteiger partial charge on any atom is 0.315 e. The van der Waals surface area contributed by atoms with Gasteiger partial charge in [0, 0.05) is 6.04 Å². The van der Waals surface area contributed by atoms with Crippen LogP contribution in [-0.4, -0.2) is 42.4 Å². The second-order valence-corrected chi connectivity index (χ2v) is 5.04. The van der Waals surface area contributed by atoms with Gasteiger partial charge in [-0.2, -0.15) is 0 Å². The minimum atomic E-state index is -0.921. The molecular formula is C12H20N2O4. The van der Waals surface area contributed by atoms with Crippen LogP contribution in [0.15, 0.2) is 0 Å². The number of nitrogens with one attached hydrogen (secondary N) is 2. The normalized spacial score (nSPS) is 28.9. The Morgan fingerprint density at radius 2 is 1.78 bits per heavy atom. The van der Waals surface area contributed by atoms with Crippen molar-refractivity contribution in [3.8, 4) is 0 Å². The third-order valence-electron chi connectivity index (χ3n) is 3.65. The molecule has 0 aromatic rings. The van der Waals surface area contributed by atoms with Crippen molar-refractivity contribution < 1.29 is 19.4 Å². The van der Waals surface area contributed by atoms with Crippen LogP contribution in [-0.2, 0) is 9.53 Å². The summed E-state index contributed by atoms with van der Waals surface area (Å²) >= 11 is 0. The number of carbonyl (C=O) groups is 2. The minimum Gasteiger partial charge on any atom is -0.481 e. The first-order valence-corrected chi connectivity index (χ1v) is 6.54. The van der Waals surface area contributed by atoms with Gasteiger partial charge in [-0.15, -0.1) is 0 Å². The van der Waals surface area contributed by atoms with Crippen molar-refractivity contribution in [3.05, 3.63) is 0 Å². The number of carboxylic acid groups (broad SMARTS) is 1. The monoisotopic (exact) mass is 256 g/mol. The van der Waals surface area contributed by atoms with Gasteiger partial charge in [0.15, 0.2) is 0 Å². The van der Waals surface area contributed by atoms with Crippen LogP contribution in [0, 0.1) is 5.92 Å². The van der Waals surface area contributed by atoms with E-state index in [9.17, 15) is 9.59 Å². The quantitative estimate of drug-likeness (QED) is 0.694. The molecule has 3 N–H and O–H groups in total. The molecule has 1 aliphatic heterocycles. The Morgan fingerprint density at radius 3 is 2.44 bits per heavy atom. The van der Waals surface area contributed by atoms with Gasteiger partial charge in [0.05, 0.1) is 19.3 Å². The van der Waals surface area contributed by atoms with E-state index in [2.05, 4.69) is 10.6 Å². The summed E-state index contributed by atoms with van der Waals surface area (Å²) in [5.41, 5.74) is 0. The third-order valence-corrected chi connectivity index (χ3v) is 3.65. The van der Waals surface area contributed by atoms with E-state index in [1.54, 1.807) is 0 Å². The topological polar surface area (TPSA) is 87.7 Å². The van der Waals surface area contributed by atoms with Crippen molar-refractivity contribution in [2.24, 2.45) is 5.92 Å². The zero-order valence-electron chi connectivity index (χ0n) is 10.4. The van der Waals surface area contributed by atoms with E-state index in [1.165, 1.54) is 6.42 Å². The second kappa shape index (κ2) is 6.04. The molecule has 0 aromatic carbocycles. The summed E-state index contributed by atoms with van der Waals surface area (Å²) in [5, 5.41) is 14.6. The molecule has 1 saturated heterocycles. The van der Waals surface area contributed by atoms with Gasteiger partial charge >= 0.3 is 12.0 Å². The molecule has 2 fully saturated rings. The van der Waals surface area contributed by atoms with Gasteiger partial charge in [0.1, 0.15) is 5.92 Å². The van der Waals surface area contributed by atoms with Gasteiger partial charge in [-0.3, -0.25) is 4.79 Å². The number of carbonyl (C=O) groups excluding carboxylic acids is 1. The van der Waals surface area contributed by atoms with E-state index in [1.807, 2.05) is 0 Å². The smallest absolute Gasteiger partial charge is 0.315 e. The zero-order valence-corrected chi connectivity index (χ0v) is 10.4. The predicted molar refractivity (Wildman–Crippen MR) is 64.3 cm³/mol. The largest absolute Gasteiger partial charge is 0.481 e. The van der Waals surface area contributed by atoms with Crippen LogP contribution in [0.3, 0.4) is 0 Å². The molecule has 2 aliphatic rings. The average Bonchev–Trinajstić information content (AvgIpc) is 2.78. The lowest BCUT2D eigenvalue weighted by atomic mass is 9.96. The van der Waals surface area contributed by atoms with Crippen molar-refractivity contribution in [1.82, 2.24) is 10.6 Å². The average molecular weight is 256 g/mol. The Labute approximate surface area is 106 Å². The number of carboxylic acids is 1. The molecule has 2 amide bonds. The van der Waals surface area contributed by atoms with E-state index in [-0.39, 0.29) is 25.3 Å². The fourth-order valence-corrected chi connectivity index (χ4v) is 2.58. The molecule has 2 atom stereocenters. The number of ether oxygens (including phenoxy) is 1. The fourth-order valence-electron chi connectivity index (χ4n) is 2.58. The van der Waals surface area contributed by atoms with Gasteiger partial charge in [0.25, 0.3) is 0 Å². The third kappa shape index (κ3) is 3.35. The van der Waals surface area contributed by atoms with Crippen LogP contribution in [0.5, 0.6) is 0 Å². The molecular weight excluding hydrogens is 236 g/mol. The molecule has 0 radical (unpaired) electrons. The summed E-state index contributed by atoms with van der Waals surface area (Å²) in [6.07, 6.45) is 5.55. The van der Waals surface area contributed by atoms with Gasteiger partial charge in [-0.25, -0.2) is 4.79 Å². The SMILES string of the molecule is O=C(NC1CCCCC1)NC1COCC1C(=O)O. The Morgan fingerprint density at radius 1 is 1.06 bits per heavy atom. The number of hydrogen-bond donors (Lipinski definition) is 3. The maximum atomic E-state index is 11.8. The number of rotatable bonds is 3. The Kier molecular flexibility index (Phi) is 4.41. The molecule has 6 heteroatoms. The Balaban J connectivity index is 1.77. The summed E-state index contributed by atoms with van der Waals surface area (Å²) in [4.78, 5) is 22.7. The zero-order chi connectivity index (χ0) is 13.0. The van der Waals surface area contributed by atoms with Crippen LogP contribution in [0.25, 0.3) is 0 Å².